The molecule has 7 heteroatoms. The van der Waals surface area contributed by atoms with Crippen molar-refractivity contribution in [3.63, 3.8) is 0 Å². The average Bonchev–Trinajstić information content (AvgIpc) is 3.22. The predicted octanol–water partition coefficient (Wildman–Crippen LogP) is 2.99. The molecule has 2 atom stereocenters. The molecule has 0 spiro atoms. The fourth-order valence-electron chi connectivity index (χ4n) is 3.30. The summed E-state index contributed by atoms with van der Waals surface area (Å²) in [5.41, 5.74) is 0.904. The fraction of sp³-hybridized carbons (Fsp3) is 0.438. The van der Waals surface area contributed by atoms with Gasteiger partial charge in [0.15, 0.2) is 9.84 Å². The lowest BCUT2D eigenvalue weighted by molar-refractivity contribution is 0.178. The van der Waals surface area contributed by atoms with E-state index in [1.54, 1.807) is 11.3 Å². The molecule has 0 N–H and O–H groups in total. The molecule has 122 valence electrons. The zero-order valence-electron chi connectivity index (χ0n) is 12.8. The molecule has 0 radical (unpaired) electrons. The van der Waals surface area contributed by atoms with E-state index in [0.717, 1.165) is 23.7 Å². The maximum Gasteiger partial charge on any atom is 0.152 e. The maximum absolute atomic E-state index is 11.9. The second-order valence-electron chi connectivity index (χ2n) is 6.13. The van der Waals surface area contributed by atoms with Gasteiger partial charge in [-0.1, -0.05) is 6.07 Å². The Morgan fingerprint density at radius 3 is 2.83 bits per heavy atom. The summed E-state index contributed by atoms with van der Waals surface area (Å²) in [6.07, 6.45) is 1.40. The van der Waals surface area contributed by atoms with Crippen molar-refractivity contribution in [2.75, 3.05) is 11.5 Å². The van der Waals surface area contributed by atoms with E-state index in [-0.39, 0.29) is 23.6 Å². The minimum atomic E-state index is -2.93. The Hall–Kier alpha value is -1.60. The van der Waals surface area contributed by atoms with E-state index in [1.165, 1.54) is 4.88 Å². The van der Waals surface area contributed by atoms with Crippen LogP contribution in [0.15, 0.2) is 39.2 Å². The zero-order valence-corrected chi connectivity index (χ0v) is 14.4. The van der Waals surface area contributed by atoms with Gasteiger partial charge in [0, 0.05) is 11.3 Å². The van der Waals surface area contributed by atoms with Crippen LogP contribution in [0.4, 0.5) is 0 Å². The molecule has 5 nitrogen and oxygen atoms in total. The third-order valence-corrected chi connectivity index (χ3v) is 7.15. The van der Waals surface area contributed by atoms with E-state index in [2.05, 4.69) is 6.07 Å². The topological polar surface area (TPSA) is 62.9 Å². The van der Waals surface area contributed by atoms with Crippen molar-refractivity contribution in [2.45, 2.75) is 31.8 Å². The first-order valence-corrected chi connectivity index (χ1v) is 10.4. The van der Waals surface area contributed by atoms with Gasteiger partial charge in [0.2, 0.25) is 0 Å². The van der Waals surface area contributed by atoms with Crippen LogP contribution in [0.25, 0.3) is 0 Å². The number of rotatable bonds is 3. The second kappa shape index (κ2) is 5.49. The van der Waals surface area contributed by atoms with Gasteiger partial charge < -0.3 is 4.42 Å². The second-order valence-corrected chi connectivity index (χ2v) is 9.34. The first-order valence-electron chi connectivity index (χ1n) is 7.68. The number of furan rings is 1. The number of nitrogens with zero attached hydrogens (tertiary/aromatic N) is 2. The number of hydrazone groups is 1. The third kappa shape index (κ3) is 2.83. The molecule has 2 aliphatic heterocycles. The number of sulfone groups is 1. The lowest BCUT2D eigenvalue weighted by Gasteiger charge is -2.27. The average molecular weight is 350 g/mol. The van der Waals surface area contributed by atoms with Crippen molar-refractivity contribution in [1.82, 2.24) is 5.01 Å². The Kier molecular flexibility index (Phi) is 3.57. The smallest absolute Gasteiger partial charge is 0.152 e. The maximum atomic E-state index is 11.9. The van der Waals surface area contributed by atoms with E-state index >= 15 is 0 Å². The Labute approximate surface area is 139 Å². The Morgan fingerprint density at radius 1 is 1.35 bits per heavy atom. The number of hydrogen-bond donors (Lipinski definition) is 0. The monoisotopic (exact) mass is 350 g/mol. The molecule has 2 aromatic rings. The highest BCUT2D eigenvalue weighted by Crippen LogP contribution is 2.38. The number of thiophene rings is 1. The van der Waals surface area contributed by atoms with Gasteiger partial charge in [-0.3, -0.25) is 5.01 Å². The Morgan fingerprint density at radius 2 is 2.22 bits per heavy atom. The van der Waals surface area contributed by atoms with Crippen LogP contribution in [-0.2, 0) is 9.84 Å². The van der Waals surface area contributed by atoms with Crippen LogP contribution in [0.1, 0.15) is 35.3 Å². The van der Waals surface area contributed by atoms with Crippen molar-refractivity contribution in [1.29, 1.82) is 0 Å². The summed E-state index contributed by atoms with van der Waals surface area (Å²) >= 11 is 1.69. The summed E-state index contributed by atoms with van der Waals surface area (Å²) in [6, 6.07) is 8.06. The predicted molar refractivity (Wildman–Crippen MR) is 90.6 cm³/mol. The molecule has 2 aliphatic rings. The summed E-state index contributed by atoms with van der Waals surface area (Å²) in [4.78, 5) is 1.22. The summed E-state index contributed by atoms with van der Waals surface area (Å²) in [5.74, 6) is 2.10. The van der Waals surface area contributed by atoms with Gasteiger partial charge >= 0.3 is 0 Å². The fourth-order valence-corrected chi connectivity index (χ4v) is 5.82. The minimum absolute atomic E-state index is 0.0411. The molecule has 0 bridgehead atoms. The molecule has 4 heterocycles. The van der Waals surface area contributed by atoms with Crippen LogP contribution in [0.2, 0.25) is 0 Å². The largest absolute Gasteiger partial charge is 0.460 e. The van der Waals surface area contributed by atoms with E-state index < -0.39 is 9.84 Å². The highest BCUT2D eigenvalue weighted by atomic mass is 32.2. The van der Waals surface area contributed by atoms with Crippen LogP contribution in [-0.4, -0.2) is 36.7 Å². The summed E-state index contributed by atoms with van der Waals surface area (Å²) in [5, 5.41) is 8.81. The quantitative estimate of drug-likeness (QED) is 0.854. The van der Waals surface area contributed by atoms with Crippen molar-refractivity contribution in [3.8, 4) is 0 Å². The van der Waals surface area contributed by atoms with Gasteiger partial charge in [-0.15, -0.1) is 11.3 Å². The molecule has 0 amide bonds. The molecule has 0 aromatic carbocycles. The lowest BCUT2D eigenvalue weighted by atomic mass is 10.1. The Bertz CT molecular complexity index is 837. The molecule has 1 saturated heterocycles. The van der Waals surface area contributed by atoms with Crippen molar-refractivity contribution in [2.24, 2.45) is 5.10 Å². The van der Waals surface area contributed by atoms with Gasteiger partial charge in [-0.05, 0) is 36.9 Å². The molecule has 0 saturated carbocycles. The molecular weight excluding hydrogens is 332 g/mol. The first-order chi connectivity index (χ1) is 11.0. The summed E-state index contributed by atoms with van der Waals surface area (Å²) in [7, 11) is -2.93. The molecule has 23 heavy (non-hydrogen) atoms. The van der Waals surface area contributed by atoms with Gasteiger partial charge in [-0.2, -0.15) is 5.10 Å². The van der Waals surface area contributed by atoms with Gasteiger partial charge in [0.1, 0.15) is 17.2 Å². The summed E-state index contributed by atoms with van der Waals surface area (Å²) < 4.78 is 29.4. The van der Waals surface area contributed by atoms with Crippen LogP contribution in [0, 0.1) is 6.92 Å². The van der Waals surface area contributed by atoms with E-state index in [9.17, 15) is 8.42 Å². The van der Waals surface area contributed by atoms with E-state index in [0.29, 0.717) is 6.42 Å². The molecular formula is C16H18N2O3S2. The van der Waals surface area contributed by atoms with Crippen LogP contribution < -0.4 is 0 Å². The zero-order chi connectivity index (χ0) is 16.0. The Balaban J connectivity index is 1.68. The number of hydrogen-bond acceptors (Lipinski definition) is 6. The van der Waals surface area contributed by atoms with Crippen molar-refractivity contribution >= 4 is 26.9 Å². The van der Waals surface area contributed by atoms with Crippen molar-refractivity contribution < 1.29 is 12.8 Å². The molecule has 4 rings (SSSR count). The SMILES string of the molecule is Cc1ccc(C2=NN(C3CCS(=O)(=O)C3)C(c3cccs3)C2)o1. The van der Waals surface area contributed by atoms with Crippen LogP contribution in [0.3, 0.4) is 0 Å². The molecule has 2 unspecified atom stereocenters. The highest BCUT2D eigenvalue weighted by Gasteiger charge is 2.40. The summed E-state index contributed by atoms with van der Waals surface area (Å²) in [6.45, 7) is 1.91. The van der Waals surface area contributed by atoms with Crippen LogP contribution in [0.5, 0.6) is 0 Å². The normalized spacial score (nSPS) is 26.7. The third-order valence-electron chi connectivity index (χ3n) is 4.42. The van der Waals surface area contributed by atoms with Gasteiger partial charge in [-0.25, -0.2) is 8.42 Å². The molecule has 1 fully saturated rings. The number of aryl methyl sites for hydroxylation is 1. The first kappa shape index (κ1) is 15.0. The molecule has 0 aliphatic carbocycles. The van der Waals surface area contributed by atoms with Gasteiger partial charge in [0.05, 0.1) is 23.6 Å². The standard InChI is InChI=1S/C16H18N2O3S2/c1-11-4-5-15(21-11)13-9-14(16-3-2-7-22-16)18(17-13)12-6-8-23(19,20)10-12/h2-5,7,12,14H,6,8-10H2,1H3. The van der Waals surface area contributed by atoms with Crippen molar-refractivity contribution in [3.05, 3.63) is 46.0 Å². The van der Waals surface area contributed by atoms with Gasteiger partial charge in [0.25, 0.3) is 0 Å². The van der Waals surface area contributed by atoms with Crippen LogP contribution >= 0.6 is 11.3 Å². The lowest BCUT2D eigenvalue weighted by Crippen LogP contribution is -2.32. The highest BCUT2D eigenvalue weighted by molar-refractivity contribution is 7.91. The molecule has 2 aromatic heterocycles. The van der Waals surface area contributed by atoms with E-state index in [1.807, 2.05) is 35.5 Å². The van der Waals surface area contributed by atoms with E-state index in [4.69, 9.17) is 9.52 Å². The minimum Gasteiger partial charge on any atom is -0.460 e.